The number of pyridine rings is 2. The molecule has 2 aromatic heterocycles. The SMILES string of the molecule is Cc1cc(C2C3=CCC4C(=O)N(N(C)c5nc(C(F)(F)F)ccc5Cl)C(=O)C4C3CC3C(=O)N(Nc4ncc(C(F)(F)F)cc4Cl)C(=O)C32c2ccc(Cl)cc2)ccc1O. The highest BCUT2D eigenvalue weighted by Crippen LogP contribution is 2.64. The smallest absolute Gasteiger partial charge is 0.433 e. The average Bonchev–Trinajstić information content (AvgIpc) is 3.56. The van der Waals surface area contributed by atoms with Gasteiger partial charge >= 0.3 is 12.4 Å². The Morgan fingerprint density at radius 2 is 1.57 bits per heavy atom. The molecule has 2 N–H and O–H groups in total. The summed E-state index contributed by atoms with van der Waals surface area (Å²) in [5.74, 6) is -9.93. The maximum Gasteiger partial charge on any atom is 0.433 e. The van der Waals surface area contributed by atoms with Crippen molar-refractivity contribution < 1.29 is 50.6 Å². The van der Waals surface area contributed by atoms with E-state index in [0.29, 0.717) is 55.6 Å². The Balaban J connectivity index is 1.28. The topological polar surface area (TPSA) is 136 Å². The van der Waals surface area contributed by atoms with Crippen molar-refractivity contribution in [1.82, 2.24) is 20.0 Å². The molecule has 0 radical (unpaired) electrons. The Morgan fingerprint density at radius 3 is 2.20 bits per heavy atom. The standard InChI is InChI=1S/C40H29Cl3F6N6O5/c1-17-13-18(3-11-28(17)56)31-22-8-9-23-30(36(59)55(34(23)57)53(2)33-26(42)10-12-29(51-33)40(47,48)49)24(22)15-25-35(58)54(37(60)38(25,31)19-4-6-21(41)7-5-19)52-32-27(43)14-20(16-50-32)39(44,45)46/h3-8,10-14,16,23-25,30-31,56H,9,15H2,1-2H3,(H,50,52). The highest BCUT2D eigenvalue weighted by Gasteiger charge is 2.70. The van der Waals surface area contributed by atoms with Crippen molar-refractivity contribution in [2.45, 2.75) is 43.5 Å². The predicted octanol–water partition coefficient (Wildman–Crippen LogP) is 8.52. The second kappa shape index (κ2) is 14.4. The van der Waals surface area contributed by atoms with Crippen LogP contribution in [-0.2, 0) is 36.9 Å². The summed E-state index contributed by atoms with van der Waals surface area (Å²) in [6.45, 7) is 1.62. The quantitative estimate of drug-likeness (QED) is 0.111. The van der Waals surface area contributed by atoms with Crippen molar-refractivity contribution in [3.05, 3.63) is 122 Å². The number of fused-ring (bicyclic) bond motifs is 4. The number of allylic oxidation sites excluding steroid dienone is 2. The van der Waals surface area contributed by atoms with Crippen molar-refractivity contribution in [2.75, 3.05) is 17.5 Å². The summed E-state index contributed by atoms with van der Waals surface area (Å²) in [5, 5.41) is 12.2. The summed E-state index contributed by atoms with van der Waals surface area (Å²) >= 11 is 18.8. The molecule has 4 heterocycles. The first-order valence-electron chi connectivity index (χ1n) is 18.1. The molecule has 11 nitrogen and oxygen atoms in total. The van der Waals surface area contributed by atoms with Crippen LogP contribution in [0.2, 0.25) is 15.1 Å². The number of hydrogen-bond acceptors (Lipinski definition) is 9. The van der Waals surface area contributed by atoms with E-state index in [0.717, 1.165) is 11.1 Å². The first-order chi connectivity index (χ1) is 28.2. The minimum atomic E-state index is -4.88. The number of carbonyl (C=O) groups excluding carboxylic acids is 4. The van der Waals surface area contributed by atoms with E-state index in [1.54, 1.807) is 37.3 Å². The summed E-state index contributed by atoms with van der Waals surface area (Å²) < 4.78 is 81.6. The fraction of sp³-hybridized carbons (Fsp3) is 0.300. The lowest BCUT2D eigenvalue weighted by atomic mass is 9.49. The molecule has 2 aliphatic heterocycles. The molecule has 312 valence electrons. The molecule has 0 spiro atoms. The van der Waals surface area contributed by atoms with Gasteiger partial charge in [-0.3, -0.25) is 29.6 Å². The molecule has 4 aromatic rings. The maximum atomic E-state index is 15.3. The largest absolute Gasteiger partial charge is 0.508 e. The normalized spacial score (nSPS) is 25.2. The Morgan fingerprint density at radius 1 is 0.867 bits per heavy atom. The number of benzene rings is 2. The van der Waals surface area contributed by atoms with Crippen molar-refractivity contribution in [3.8, 4) is 5.75 Å². The van der Waals surface area contributed by atoms with Gasteiger partial charge in [0, 0.05) is 24.2 Å². The molecule has 4 aliphatic rings. The van der Waals surface area contributed by atoms with Gasteiger partial charge in [0.05, 0.1) is 38.8 Å². The number of hydrazine groups is 2. The minimum Gasteiger partial charge on any atom is -0.508 e. The number of carbonyl (C=O) groups is 4. The number of rotatable bonds is 6. The number of anilines is 2. The van der Waals surface area contributed by atoms with E-state index in [2.05, 4.69) is 15.4 Å². The number of halogens is 9. The number of imide groups is 2. The number of amides is 4. The van der Waals surface area contributed by atoms with Crippen molar-refractivity contribution in [3.63, 3.8) is 0 Å². The number of nitrogens with one attached hydrogen (secondary N) is 1. The van der Waals surface area contributed by atoms with Gasteiger partial charge in [0.1, 0.15) is 11.4 Å². The minimum absolute atomic E-state index is 0.0563. The lowest BCUT2D eigenvalue weighted by Gasteiger charge is -2.50. The van der Waals surface area contributed by atoms with Gasteiger partial charge in [-0.05, 0) is 78.8 Å². The zero-order valence-electron chi connectivity index (χ0n) is 30.9. The van der Waals surface area contributed by atoms with Crippen LogP contribution in [0, 0.1) is 30.6 Å². The molecular formula is C40H29Cl3F6N6O5. The van der Waals surface area contributed by atoms with Gasteiger partial charge in [0.2, 0.25) is 0 Å². The van der Waals surface area contributed by atoms with Gasteiger partial charge in [-0.1, -0.05) is 70.7 Å². The Labute approximate surface area is 351 Å². The van der Waals surface area contributed by atoms with Crippen molar-refractivity contribution in [1.29, 1.82) is 0 Å². The molecule has 4 amide bonds. The number of aryl methyl sites for hydroxylation is 1. The summed E-state index contributed by atoms with van der Waals surface area (Å²) in [4.78, 5) is 66.4. The first-order valence-corrected chi connectivity index (χ1v) is 19.3. The van der Waals surface area contributed by atoms with Gasteiger partial charge < -0.3 is 5.11 Å². The lowest BCUT2D eigenvalue weighted by Crippen LogP contribution is -2.53. The first kappa shape index (κ1) is 41.3. The van der Waals surface area contributed by atoms with Gasteiger partial charge in [-0.25, -0.2) is 9.97 Å². The number of aromatic hydroxyl groups is 1. The Hall–Kier alpha value is -5.39. The summed E-state index contributed by atoms with van der Waals surface area (Å²) in [6, 6.07) is 12.9. The Bertz CT molecular complexity index is 2540. The van der Waals surface area contributed by atoms with Crippen LogP contribution in [-0.4, -0.2) is 55.8 Å². The summed E-state index contributed by atoms with van der Waals surface area (Å²) in [7, 11) is 1.17. The zero-order valence-corrected chi connectivity index (χ0v) is 33.2. The van der Waals surface area contributed by atoms with Crippen LogP contribution >= 0.6 is 34.8 Å². The molecule has 2 aliphatic carbocycles. The average molecular weight is 894 g/mol. The van der Waals surface area contributed by atoms with E-state index >= 15 is 4.79 Å². The van der Waals surface area contributed by atoms with Crippen LogP contribution in [0.4, 0.5) is 38.0 Å². The number of phenolic OH excluding ortho intramolecular Hbond substituents is 1. The highest BCUT2D eigenvalue weighted by atomic mass is 35.5. The molecule has 2 saturated heterocycles. The zero-order chi connectivity index (χ0) is 43.4. The highest BCUT2D eigenvalue weighted by molar-refractivity contribution is 6.33. The second-order valence-electron chi connectivity index (χ2n) is 15.0. The summed E-state index contributed by atoms with van der Waals surface area (Å²) in [6.07, 6.45) is -7.76. The van der Waals surface area contributed by atoms with E-state index in [4.69, 9.17) is 34.8 Å². The molecule has 8 rings (SSSR count). The van der Waals surface area contributed by atoms with Gasteiger partial charge in [-0.2, -0.15) is 36.4 Å². The molecule has 1 saturated carbocycles. The number of phenols is 1. The molecule has 0 bridgehead atoms. The molecule has 60 heavy (non-hydrogen) atoms. The maximum absolute atomic E-state index is 15.3. The van der Waals surface area contributed by atoms with Gasteiger partial charge in [-0.15, -0.1) is 0 Å². The van der Waals surface area contributed by atoms with E-state index < -0.39 is 98.9 Å². The summed E-state index contributed by atoms with van der Waals surface area (Å²) in [5.41, 5.74) is -0.174. The van der Waals surface area contributed by atoms with Crippen LogP contribution in [0.15, 0.2) is 78.5 Å². The third kappa shape index (κ3) is 6.35. The molecule has 2 aromatic carbocycles. The van der Waals surface area contributed by atoms with Crippen LogP contribution in [0.1, 0.15) is 46.7 Å². The van der Waals surface area contributed by atoms with Crippen molar-refractivity contribution in [2.24, 2.45) is 23.7 Å². The van der Waals surface area contributed by atoms with Gasteiger partial charge in [0.25, 0.3) is 23.6 Å². The fourth-order valence-electron chi connectivity index (χ4n) is 9.21. The van der Waals surface area contributed by atoms with Crippen LogP contribution in [0.3, 0.4) is 0 Å². The molecule has 3 fully saturated rings. The molecule has 6 atom stereocenters. The Kier molecular flexibility index (Phi) is 9.90. The van der Waals surface area contributed by atoms with Gasteiger partial charge in [0.15, 0.2) is 11.6 Å². The van der Waals surface area contributed by atoms with Crippen LogP contribution in [0.5, 0.6) is 5.75 Å². The molecule has 6 unspecified atom stereocenters. The second-order valence-corrected chi connectivity index (χ2v) is 16.2. The third-order valence-electron chi connectivity index (χ3n) is 11.8. The molecular weight excluding hydrogens is 865 g/mol. The fourth-order valence-corrected chi connectivity index (χ4v) is 9.77. The third-order valence-corrected chi connectivity index (χ3v) is 12.6. The van der Waals surface area contributed by atoms with E-state index in [1.807, 2.05) is 0 Å². The predicted molar refractivity (Wildman–Crippen MR) is 204 cm³/mol. The lowest BCUT2D eigenvalue weighted by molar-refractivity contribution is -0.142. The number of alkyl halides is 6. The van der Waals surface area contributed by atoms with Crippen LogP contribution in [0.25, 0.3) is 0 Å². The van der Waals surface area contributed by atoms with E-state index in [9.17, 15) is 45.8 Å². The molecule has 20 heteroatoms. The van der Waals surface area contributed by atoms with E-state index in [-0.39, 0.29) is 23.6 Å². The monoisotopic (exact) mass is 892 g/mol. The number of aromatic nitrogens is 2. The van der Waals surface area contributed by atoms with Crippen LogP contribution < -0.4 is 10.4 Å². The number of hydrogen-bond donors (Lipinski definition) is 2. The van der Waals surface area contributed by atoms with E-state index in [1.165, 1.54) is 25.2 Å². The van der Waals surface area contributed by atoms with Crippen molar-refractivity contribution >= 4 is 70.1 Å². The number of nitrogens with zero attached hydrogens (tertiary/aromatic N) is 5.